The Morgan fingerprint density at radius 1 is 1.30 bits per heavy atom. The van der Waals surface area contributed by atoms with Crippen LogP contribution >= 0.6 is 0 Å². The van der Waals surface area contributed by atoms with Gasteiger partial charge in [0.1, 0.15) is 4.90 Å². The summed E-state index contributed by atoms with van der Waals surface area (Å²) in [7, 11) is -3.42. The molecule has 1 aromatic carbocycles. The van der Waals surface area contributed by atoms with Crippen molar-refractivity contribution in [2.24, 2.45) is 5.92 Å². The molecule has 112 valence electrons. The molecule has 2 N–H and O–H groups in total. The molecule has 1 aliphatic rings. The molecule has 4 nitrogen and oxygen atoms in total. The normalized spacial score (nSPS) is 16.9. The number of rotatable bonds is 8. The standard InChI is InChI=1S/C15H24N2O2S/c1-3-10-16-20(18,19)15-7-5-4-6-14(15)17-12(2)11-13-8-9-13/h4-7,12-13,16-17H,3,8-11H2,1-2H3. The average Bonchev–Trinajstić information content (AvgIpc) is 3.20. The molecule has 0 spiro atoms. The second-order valence-corrected chi connectivity index (χ2v) is 7.35. The summed E-state index contributed by atoms with van der Waals surface area (Å²) >= 11 is 0. The zero-order valence-electron chi connectivity index (χ0n) is 12.2. The topological polar surface area (TPSA) is 58.2 Å². The predicted molar refractivity (Wildman–Crippen MR) is 82.3 cm³/mol. The second kappa shape index (κ2) is 6.59. The second-order valence-electron chi connectivity index (χ2n) is 5.62. The van der Waals surface area contributed by atoms with E-state index in [-0.39, 0.29) is 0 Å². The van der Waals surface area contributed by atoms with Crippen molar-refractivity contribution in [3.05, 3.63) is 24.3 Å². The molecule has 1 saturated carbocycles. The van der Waals surface area contributed by atoms with Crippen LogP contribution in [0, 0.1) is 5.92 Å². The van der Waals surface area contributed by atoms with Gasteiger partial charge in [-0.15, -0.1) is 0 Å². The van der Waals surface area contributed by atoms with E-state index in [0.717, 1.165) is 18.8 Å². The summed E-state index contributed by atoms with van der Waals surface area (Å²) in [5, 5.41) is 3.35. The largest absolute Gasteiger partial charge is 0.381 e. The lowest BCUT2D eigenvalue weighted by molar-refractivity contribution is 0.580. The van der Waals surface area contributed by atoms with Crippen LogP contribution in [0.25, 0.3) is 0 Å². The van der Waals surface area contributed by atoms with Crippen molar-refractivity contribution in [2.75, 3.05) is 11.9 Å². The van der Waals surface area contributed by atoms with Crippen LogP contribution in [-0.2, 0) is 10.0 Å². The van der Waals surface area contributed by atoms with E-state index in [9.17, 15) is 8.42 Å². The highest BCUT2D eigenvalue weighted by molar-refractivity contribution is 7.89. The fraction of sp³-hybridized carbons (Fsp3) is 0.600. The molecule has 0 aromatic heterocycles. The molecule has 0 aliphatic heterocycles. The van der Waals surface area contributed by atoms with Crippen LogP contribution in [0.1, 0.15) is 39.5 Å². The van der Waals surface area contributed by atoms with Gasteiger partial charge in [-0.2, -0.15) is 0 Å². The summed E-state index contributed by atoms with van der Waals surface area (Å²) in [5.74, 6) is 0.819. The number of hydrogen-bond acceptors (Lipinski definition) is 3. The Kier molecular flexibility index (Phi) is 5.05. The van der Waals surface area contributed by atoms with Gasteiger partial charge < -0.3 is 5.32 Å². The van der Waals surface area contributed by atoms with Gasteiger partial charge in [0.15, 0.2) is 0 Å². The van der Waals surface area contributed by atoms with Crippen molar-refractivity contribution >= 4 is 15.7 Å². The number of anilines is 1. The first-order valence-electron chi connectivity index (χ1n) is 7.38. The Bertz CT molecular complexity index is 539. The van der Waals surface area contributed by atoms with Crippen LogP contribution in [0.5, 0.6) is 0 Å². The lowest BCUT2D eigenvalue weighted by Crippen LogP contribution is -2.26. The molecule has 1 fully saturated rings. The number of hydrogen-bond donors (Lipinski definition) is 2. The van der Waals surface area contributed by atoms with Gasteiger partial charge in [0.2, 0.25) is 10.0 Å². The number of nitrogens with one attached hydrogen (secondary N) is 2. The quantitative estimate of drug-likeness (QED) is 0.775. The number of benzene rings is 1. The van der Waals surface area contributed by atoms with Crippen LogP contribution in [0.4, 0.5) is 5.69 Å². The van der Waals surface area contributed by atoms with E-state index in [0.29, 0.717) is 23.2 Å². The first-order valence-corrected chi connectivity index (χ1v) is 8.86. The maximum atomic E-state index is 12.3. The summed E-state index contributed by atoms with van der Waals surface area (Å²) in [6.07, 6.45) is 4.51. The zero-order valence-corrected chi connectivity index (χ0v) is 13.0. The van der Waals surface area contributed by atoms with E-state index in [1.807, 2.05) is 19.1 Å². The van der Waals surface area contributed by atoms with Crippen molar-refractivity contribution in [2.45, 2.75) is 50.5 Å². The molecule has 0 saturated heterocycles. The minimum Gasteiger partial charge on any atom is -0.381 e. The number of sulfonamides is 1. The smallest absolute Gasteiger partial charge is 0.242 e. The molecule has 1 atom stereocenters. The zero-order chi connectivity index (χ0) is 14.6. The summed E-state index contributed by atoms with van der Waals surface area (Å²) in [6.45, 7) is 4.53. The van der Waals surface area contributed by atoms with Crippen molar-refractivity contribution in [1.82, 2.24) is 4.72 Å². The molecule has 0 radical (unpaired) electrons. The van der Waals surface area contributed by atoms with Crippen molar-refractivity contribution < 1.29 is 8.42 Å². The highest BCUT2D eigenvalue weighted by Gasteiger charge is 2.24. The van der Waals surface area contributed by atoms with Gasteiger partial charge in [0, 0.05) is 12.6 Å². The van der Waals surface area contributed by atoms with Gasteiger partial charge in [0.25, 0.3) is 0 Å². The third-order valence-corrected chi connectivity index (χ3v) is 5.02. The predicted octanol–water partition coefficient (Wildman–Crippen LogP) is 2.98. The van der Waals surface area contributed by atoms with Crippen molar-refractivity contribution in [1.29, 1.82) is 0 Å². The fourth-order valence-corrected chi connectivity index (χ4v) is 3.61. The first-order chi connectivity index (χ1) is 9.53. The van der Waals surface area contributed by atoms with E-state index in [2.05, 4.69) is 17.0 Å². The van der Waals surface area contributed by atoms with Crippen LogP contribution < -0.4 is 10.0 Å². The molecule has 0 amide bonds. The van der Waals surface area contributed by atoms with E-state index in [1.54, 1.807) is 12.1 Å². The van der Waals surface area contributed by atoms with Gasteiger partial charge >= 0.3 is 0 Å². The van der Waals surface area contributed by atoms with Gasteiger partial charge in [-0.1, -0.05) is 31.9 Å². The highest BCUT2D eigenvalue weighted by atomic mass is 32.2. The molecular formula is C15H24N2O2S. The van der Waals surface area contributed by atoms with E-state index in [1.165, 1.54) is 12.8 Å². The van der Waals surface area contributed by atoms with Gasteiger partial charge in [-0.3, -0.25) is 0 Å². The third-order valence-electron chi connectivity index (χ3n) is 3.50. The molecule has 20 heavy (non-hydrogen) atoms. The molecule has 1 aliphatic carbocycles. The van der Waals surface area contributed by atoms with E-state index in [4.69, 9.17) is 0 Å². The summed E-state index contributed by atoms with van der Waals surface area (Å²) in [6, 6.07) is 7.42. The fourth-order valence-electron chi connectivity index (χ4n) is 2.31. The van der Waals surface area contributed by atoms with Gasteiger partial charge in [-0.25, -0.2) is 13.1 Å². The van der Waals surface area contributed by atoms with Gasteiger partial charge in [-0.05, 0) is 37.8 Å². The first kappa shape index (κ1) is 15.3. The molecule has 5 heteroatoms. The Morgan fingerprint density at radius 2 is 2.00 bits per heavy atom. The SMILES string of the molecule is CCCNS(=O)(=O)c1ccccc1NC(C)CC1CC1. The van der Waals surface area contributed by atoms with Crippen molar-refractivity contribution in [3.63, 3.8) is 0 Å². The maximum Gasteiger partial charge on any atom is 0.242 e. The van der Waals surface area contributed by atoms with E-state index >= 15 is 0 Å². The Morgan fingerprint density at radius 3 is 2.65 bits per heavy atom. The molecule has 2 rings (SSSR count). The van der Waals surface area contributed by atoms with E-state index < -0.39 is 10.0 Å². The summed E-state index contributed by atoms with van der Waals surface area (Å²) in [4.78, 5) is 0.344. The third kappa shape index (κ3) is 4.21. The molecular weight excluding hydrogens is 272 g/mol. The lowest BCUT2D eigenvalue weighted by Gasteiger charge is -2.18. The van der Waals surface area contributed by atoms with Crippen molar-refractivity contribution in [3.8, 4) is 0 Å². The monoisotopic (exact) mass is 296 g/mol. The lowest BCUT2D eigenvalue weighted by atomic mass is 10.1. The highest BCUT2D eigenvalue weighted by Crippen LogP contribution is 2.34. The van der Waals surface area contributed by atoms with Crippen LogP contribution in [0.3, 0.4) is 0 Å². The minimum absolute atomic E-state index is 0.296. The van der Waals surface area contributed by atoms with Crippen LogP contribution in [-0.4, -0.2) is 21.0 Å². The Labute approximate surface area is 122 Å². The van der Waals surface area contributed by atoms with Crippen LogP contribution in [0.2, 0.25) is 0 Å². The molecule has 1 unspecified atom stereocenters. The Hall–Kier alpha value is -1.07. The minimum atomic E-state index is -3.42. The molecule has 0 heterocycles. The molecule has 0 bridgehead atoms. The van der Waals surface area contributed by atoms with Gasteiger partial charge in [0.05, 0.1) is 5.69 Å². The molecule has 1 aromatic rings. The summed E-state index contributed by atoms with van der Waals surface area (Å²) in [5.41, 5.74) is 0.698. The number of para-hydroxylation sites is 1. The van der Waals surface area contributed by atoms with Crippen LogP contribution in [0.15, 0.2) is 29.2 Å². The Balaban J connectivity index is 2.12. The summed E-state index contributed by atoms with van der Waals surface area (Å²) < 4.78 is 27.2. The maximum absolute atomic E-state index is 12.3. The average molecular weight is 296 g/mol.